The monoisotopic (exact) mass is 256 g/mol. The van der Waals surface area contributed by atoms with Crippen LogP contribution in [0.1, 0.15) is 19.8 Å². The molecular formula is C11H20N4OS. The number of carbonyl (C=O) groups is 1. The summed E-state index contributed by atoms with van der Waals surface area (Å²) in [6.45, 7) is 3.68. The standard InChI is InChI=1S/C11H20N4OS/c1-4-15-10(17-14(3)11(15)16)8-6-5-7-13(2)9(8)12/h8,10,12H,4-7H2,1-3H3. The van der Waals surface area contributed by atoms with Crippen molar-refractivity contribution in [2.24, 2.45) is 5.92 Å². The zero-order valence-corrected chi connectivity index (χ0v) is 11.5. The minimum Gasteiger partial charge on any atom is -0.363 e. The van der Waals surface area contributed by atoms with Gasteiger partial charge in [-0.1, -0.05) is 0 Å². The highest BCUT2D eigenvalue weighted by molar-refractivity contribution is 7.98. The summed E-state index contributed by atoms with van der Waals surface area (Å²) in [5.41, 5.74) is 0. The fourth-order valence-electron chi connectivity index (χ4n) is 2.53. The number of amides is 2. The van der Waals surface area contributed by atoms with Gasteiger partial charge in [-0.05, 0) is 31.7 Å². The molecule has 2 aliphatic heterocycles. The van der Waals surface area contributed by atoms with Crippen molar-refractivity contribution < 1.29 is 4.79 Å². The van der Waals surface area contributed by atoms with Crippen molar-refractivity contribution in [1.82, 2.24) is 14.1 Å². The average molecular weight is 256 g/mol. The Kier molecular flexibility index (Phi) is 3.51. The Morgan fingerprint density at radius 2 is 2.18 bits per heavy atom. The van der Waals surface area contributed by atoms with Crippen LogP contribution in [0, 0.1) is 11.3 Å². The predicted octanol–water partition coefficient (Wildman–Crippen LogP) is 1.67. The SMILES string of the molecule is CCN1C(=O)N(C)SC1C1CCCN(C)C1=N. The summed E-state index contributed by atoms with van der Waals surface area (Å²) < 4.78 is 1.69. The molecule has 96 valence electrons. The molecule has 2 rings (SSSR count). The number of amidine groups is 1. The van der Waals surface area contributed by atoms with E-state index in [4.69, 9.17) is 5.41 Å². The van der Waals surface area contributed by atoms with E-state index in [-0.39, 0.29) is 17.3 Å². The number of likely N-dealkylation sites (tertiary alicyclic amines) is 1. The molecule has 2 fully saturated rings. The molecule has 0 aromatic carbocycles. The number of carbonyl (C=O) groups excluding carboxylic acids is 1. The Labute approximate surface area is 107 Å². The van der Waals surface area contributed by atoms with E-state index in [1.165, 1.54) is 0 Å². The van der Waals surface area contributed by atoms with Gasteiger partial charge in [0.05, 0.1) is 0 Å². The number of urea groups is 1. The van der Waals surface area contributed by atoms with Crippen LogP contribution in [0.5, 0.6) is 0 Å². The first-order valence-electron chi connectivity index (χ1n) is 6.07. The summed E-state index contributed by atoms with van der Waals surface area (Å²) in [5.74, 6) is 0.850. The second kappa shape index (κ2) is 4.76. The molecule has 2 unspecified atom stereocenters. The second-order valence-corrected chi connectivity index (χ2v) is 5.86. The van der Waals surface area contributed by atoms with E-state index in [1.54, 1.807) is 16.3 Å². The number of nitrogens with one attached hydrogen (secondary N) is 1. The van der Waals surface area contributed by atoms with Crippen LogP contribution in [0.25, 0.3) is 0 Å². The normalized spacial score (nSPS) is 30.4. The summed E-state index contributed by atoms with van der Waals surface area (Å²) in [5, 5.41) is 8.27. The summed E-state index contributed by atoms with van der Waals surface area (Å²) in [4.78, 5) is 15.8. The van der Waals surface area contributed by atoms with Crippen LogP contribution in [0.15, 0.2) is 0 Å². The molecule has 2 heterocycles. The first-order chi connectivity index (χ1) is 8.06. The summed E-state index contributed by atoms with van der Waals surface area (Å²) in [6.07, 6.45) is 2.12. The van der Waals surface area contributed by atoms with E-state index in [0.717, 1.165) is 19.4 Å². The molecule has 0 spiro atoms. The topological polar surface area (TPSA) is 50.6 Å². The molecule has 2 saturated heterocycles. The van der Waals surface area contributed by atoms with Crippen LogP contribution < -0.4 is 0 Å². The summed E-state index contributed by atoms with van der Waals surface area (Å²) >= 11 is 1.56. The van der Waals surface area contributed by atoms with Gasteiger partial charge >= 0.3 is 6.03 Å². The maximum absolute atomic E-state index is 11.9. The van der Waals surface area contributed by atoms with Gasteiger partial charge < -0.3 is 9.80 Å². The third-order valence-corrected chi connectivity index (χ3v) is 4.82. The molecular weight excluding hydrogens is 236 g/mol. The van der Waals surface area contributed by atoms with Crippen molar-refractivity contribution in [2.75, 3.05) is 27.2 Å². The smallest absolute Gasteiger partial charge is 0.330 e. The number of hydrogen-bond acceptors (Lipinski definition) is 3. The minimum atomic E-state index is 0.0727. The molecule has 0 aliphatic carbocycles. The van der Waals surface area contributed by atoms with Crippen LogP contribution in [-0.4, -0.2) is 58.5 Å². The summed E-state index contributed by atoms with van der Waals surface area (Å²) in [7, 11) is 3.78. The fourth-order valence-corrected chi connectivity index (χ4v) is 3.81. The molecule has 0 saturated carbocycles. The lowest BCUT2D eigenvalue weighted by molar-refractivity contribution is 0.184. The molecule has 2 atom stereocenters. The van der Waals surface area contributed by atoms with Gasteiger partial charge in [0.1, 0.15) is 11.2 Å². The fraction of sp³-hybridized carbons (Fsp3) is 0.818. The lowest BCUT2D eigenvalue weighted by atomic mass is 9.96. The highest BCUT2D eigenvalue weighted by Gasteiger charge is 2.43. The average Bonchev–Trinajstić information content (AvgIpc) is 2.59. The molecule has 17 heavy (non-hydrogen) atoms. The van der Waals surface area contributed by atoms with Gasteiger partial charge in [0.15, 0.2) is 0 Å². The van der Waals surface area contributed by atoms with Gasteiger partial charge in [0.2, 0.25) is 0 Å². The molecule has 2 aliphatic rings. The van der Waals surface area contributed by atoms with Crippen molar-refractivity contribution in [3.05, 3.63) is 0 Å². The van der Waals surface area contributed by atoms with E-state index in [9.17, 15) is 4.79 Å². The molecule has 5 nitrogen and oxygen atoms in total. The zero-order valence-electron chi connectivity index (χ0n) is 10.6. The Bertz CT molecular complexity index is 335. The van der Waals surface area contributed by atoms with Crippen LogP contribution in [0.2, 0.25) is 0 Å². The maximum atomic E-state index is 11.9. The number of hydrogen-bond donors (Lipinski definition) is 1. The van der Waals surface area contributed by atoms with Crippen LogP contribution in [0.4, 0.5) is 4.79 Å². The van der Waals surface area contributed by atoms with Crippen molar-refractivity contribution in [2.45, 2.75) is 25.1 Å². The van der Waals surface area contributed by atoms with Gasteiger partial charge in [0, 0.05) is 33.1 Å². The molecule has 6 heteroatoms. The van der Waals surface area contributed by atoms with Crippen LogP contribution in [0.3, 0.4) is 0 Å². The highest BCUT2D eigenvalue weighted by Crippen LogP contribution is 2.38. The van der Waals surface area contributed by atoms with Gasteiger partial charge in [-0.3, -0.25) is 9.71 Å². The molecule has 0 aromatic rings. The maximum Gasteiger partial charge on any atom is 0.330 e. The predicted molar refractivity (Wildman–Crippen MR) is 70.0 cm³/mol. The minimum absolute atomic E-state index is 0.0727. The Morgan fingerprint density at radius 3 is 2.82 bits per heavy atom. The van der Waals surface area contributed by atoms with E-state index < -0.39 is 0 Å². The van der Waals surface area contributed by atoms with E-state index >= 15 is 0 Å². The van der Waals surface area contributed by atoms with Gasteiger partial charge in [-0.15, -0.1) is 0 Å². The molecule has 0 aromatic heterocycles. The number of nitrogens with zero attached hydrogens (tertiary/aromatic N) is 3. The summed E-state index contributed by atoms with van der Waals surface area (Å²) in [6, 6.07) is 0.0727. The molecule has 0 bridgehead atoms. The van der Waals surface area contributed by atoms with Crippen molar-refractivity contribution in [1.29, 1.82) is 5.41 Å². The number of piperidine rings is 1. The number of rotatable bonds is 2. The molecule has 2 amide bonds. The lowest BCUT2D eigenvalue weighted by Crippen LogP contribution is -2.47. The van der Waals surface area contributed by atoms with Crippen LogP contribution in [-0.2, 0) is 0 Å². The van der Waals surface area contributed by atoms with Crippen molar-refractivity contribution in [3.63, 3.8) is 0 Å². The van der Waals surface area contributed by atoms with Crippen LogP contribution >= 0.6 is 11.9 Å². The van der Waals surface area contributed by atoms with E-state index in [1.807, 2.05) is 30.8 Å². The second-order valence-electron chi connectivity index (χ2n) is 4.62. The van der Waals surface area contributed by atoms with E-state index in [2.05, 4.69) is 0 Å². The Balaban J connectivity index is 2.16. The molecule has 0 radical (unpaired) electrons. The first kappa shape index (κ1) is 12.5. The van der Waals surface area contributed by atoms with Crippen molar-refractivity contribution >= 4 is 23.8 Å². The van der Waals surface area contributed by atoms with Gasteiger partial charge in [-0.2, -0.15) is 0 Å². The quantitative estimate of drug-likeness (QED) is 0.765. The molecule has 1 N–H and O–H groups in total. The zero-order chi connectivity index (χ0) is 12.6. The van der Waals surface area contributed by atoms with Gasteiger partial charge in [0.25, 0.3) is 0 Å². The van der Waals surface area contributed by atoms with Gasteiger partial charge in [-0.25, -0.2) is 4.79 Å². The lowest BCUT2D eigenvalue weighted by Gasteiger charge is -2.36. The Hall–Kier alpha value is -0.910. The largest absolute Gasteiger partial charge is 0.363 e. The third-order valence-electron chi connectivity index (χ3n) is 3.54. The first-order valence-corrected chi connectivity index (χ1v) is 6.90. The third kappa shape index (κ3) is 2.10. The van der Waals surface area contributed by atoms with Crippen molar-refractivity contribution in [3.8, 4) is 0 Å². The Morgan fingerprint density at radius 1 is 1.47 bits per heavy atom. The van der Waals surface area contributed by atoms with E-state index in [0.29, 0.717) is 12.4 Å². The highest BCUT2D eigenvalue weighted by atomic mass is 32.2.